The quantitative estimate of drug-likeness (QED) is 0.606. The van der Waals surface area contributed by atoms with Crippen LogP contribution in [0, 0.1) is 12.3 Å². The summed E-state index contributed by atoms with van der Waals surface area (Å²) >= 11 is 0. The normalized spacial score (nSPS) is 12.8. The monoisotopic (exact) mass is 274 g/mol. The van der Waals surface area contributed by atoms with Crippen molar-refractivity contribution >= 4 is 11.5 Å². The van der Waals surface area contributed by atoms with E-state index in [-0.39, 0.29) is 24.5 Å². The molecule has 0 spiro atoms. The van der Waals surface area contributed by atoms with Crippen LogP contribution in [-0.2, 0) is 22.6 Å². The van der Waals surface area contributed by atoms with Crippen LogP contribution in [0.3, 0.4) is 0 Å². The molecule has 0 amide bonds. The third-order valence-electron chi connectivity index (χ3n) is 3.02. The van der Waals surface area contributed by atoms with Crippen LogP contribution in [0.2, 0.25) is 0 Å². The average Bonchev–Trinajstić information content (AvgIpc) is 2.48. The molecule has 6 heteroatoms. The van der Waals surface area contributed by atoms with Crippen molar-refractivity contribution in [1.29, 1.82) is 0 Å². The number of allylic oxidation sites excluding steroid dienone is 1. The highest BCUT2D eigenvalue weighted by molar-refractivity contribution is 5.86. The molecule has 0 fully saturated rings. The van der Waals surface area contributed by atoms with E-state index in [4.69, 9.17) is 11.2 Å². The number of carbonyl (C=O) groups excluding carboxylic acids is 1. The molecule has 0 aromatic carbocycles. The maximum absolute atomic E-state index is 12.4. The van der Waals surface area contributed by atoms with Crippen LogP contribution in [0.1, 0.15) is 35.2 Å². The van der Waals surface area contributed by atoms with E-state index in [1.807, 2.05) is 6.92 Å². The summed E-state index contributed by atoms with van der Waals surface area (Å²) in [5.41, 5.74) is 1.29. The Bertz CT molecular complexity index is 680. The second kappa shape index (κ2) is 5.61. The zero-order valence-corrected chi connectivity index (χ0v) is 11.3. The second-order valence-electron chi connectivity index (χ2n) is 4.16. The lowest BCUT2D eigenvalue weighted by atomic mass is 10.0. The highest BCUT2D eigenvalue weighted by Crippen LogP contribution is 2.23. The Hall–Kier alpha value is -2.55. The average molecular weight is 274 g/mol. The third kappa shape index (κ3) is 2.18. The van der Waals surface area contributed by atoms with Crippen molar-refractivity contribution < 1.29 is 14.3 Å². The topological polar surface area (TPSA) is 70.4 Å². The van der Waals surface area contributed by atoms with E-state index in [2.05, 4.69) is 15.6 Å². The summed E-state index contributed by atoms with van der Waals surface area (Å²) in [7, 11) is 1.23. The standard InChI is InChI=1S/C14H14N2O4/c1-4-6-16-12(14(18)19-3)15-11-9(5-2)7-20-8-10(11)13(16)17/h1,7H,5-6,8H2,2-3H3. The number of aromatic nitrogens is 2. The fourth-order valence-electron chi connectivity index (χ4n) is 2.01. The summed E-state index contributed by atoms with van der Waals surface area (Å²) in [6, 6.07) is 0. The number of terminal acetylenes is 1. The van der Waals surface area contributed by atoms with Crippen LogP contribution in [0.15, 0.2) is 11.1 Å². The van der Waals surface area contributed by atoms with Crippen molar-refractivity contribution in [3.8, 4) is 12.3 Å². The summed E-state index contributed by atoms with van der Waals surface area (Å²) in [6.45, 7) is 1.99. The van der Waals surface area contributed by atoms with Gasteiger partial charge in [0.1, 0.15) is 6.61 Å². The first-order chi connectivity index (χ1) is 9.63. The number of ether oxygens (including phenoxy) is 2. The van der Waals surface area contributed by atoms with E-state index in [0.29, 0.717) is 17.7 Å². The number of fused-ring (bicyclic) bond motifs is 1. The van der Waals surface area contributed by atoms with Gasteiger partial charge in [-0.05, 0) is 6.42 Å². The lowest BCUT2D eigenvalue weighted by Gasteiger charge is -2.18. The smallest absolute Gasteiger partial charge is 0.374 e. The summed E-state index contributed by atoms with van der Waals surface area (Å²) < 4.78 is 11.0. The third-order valence-corrected chi connectivity index (χ3v) is 3.02. The minimum absolute atomic E-state index is 0.0469. The van der Waals surface area contributed by atoms with Crippen molar-refractivity contribution in [3.05, 3.63) is 33.7 Å². The van der Waals surface area contributed by atoms with Gasteiger partial charge in [0.15, 0.2) is 0 Å². The van der Waals surface area contributed by atoms with Gasteiger partial charge in [0.05, 0.1) is 31.2 Å². The van der Waals surface area contributed by atoms with E-state index < -0.39 is 5.97 Å². The lowest BCUT2D eigenvalue weighted by Crippen LogP contribution is -2.33. The number of nitrogens with zero attached hydrogens (tertiary/aromatic N) is 2. The van der Waals surface area contributed by atoms with Gasteiger partial charge in [-0.1, -0.05) is 12.8 Å². The van der Waals surface area contributed by atoms with Gasteiger partial charge in [-0.25, -0.2) is 9.78 Å². The highest BCUT2D eigenvalue weighted by atomic mass is 16.5. The van der Waals surface area contributed by atoms with Gasteiger partial charge in [0, 0.05) is 5.57 Å². The van der Waals surface area contributed by atoms with E-state index in [9.17, 15) is 9.59 Å². The molecule has 104 valence electrons. The molecule has 1 aliphatic rings. The van der Waals surface area contributed by atoms with Gasteiger partial charge in [0.25, 0.3) is 5.56 Å². The fourth-order valence-corrected chi connectivity index (χ4v) is 2.01. The van der Waals surface area contributed by atoms with Gasteiger partial charge in [-0.15, -0.1) is 6.42 Å². The van der Waals surface area contributed by atoms with Gasteiger partial charge in [-0.3, -0.25) is 9.36 Å². The van der Waals surface area contributed by atoms with Crippen LogP contribution in [0.25, 0.3) is 5.57 Å². The number of hydrogen-bond acceptors (Lipinski definition) is 5. The molecule has 0 saturated heterocycles. The van der Waals surface area contributed by atoms with Crippen LogP contribution >= 0.6 is 0 Å². The van der Waals surface area contributed by atoms with Gasteiger partial charge < -0.3 is 9.47 Å². The molecule has 6 nitrogen and oxygen atoms in total. The number of hydrogen-bond donors (Lipinski definition) is 0. The first kappa shape index (κ1) is 13.9. The number of esters is 1. The molecule has 1 aromatic heterocycles. The zero-order chi connectivity index (χ0) is 14.7. The van der Waals surface area contributed by atoms with E-state index in [1.165, 1.54) is 7.11 Å². The molecule has 0 radical (unpaired) electrons. The predicted octanol–water partition coefficient (Wildman–Crippen LogP) is 0.944. The predicted molar refractivity (Wildman–Crippen MR) is 71.7 cm³/mol. The maximum Gasteiger partial charge on any atom is 0.374 e. The molecule has 1 aliphatic heterocycles. The molecule has 0 bridgehead atoms. The Morgan fingerprint density at radius 3 is 3.00 bits per heavy atom. The molecule has 2 heterocycles. The first-order valence-electron chi connectivity index (χ1n) is 6.10. The van der Waals surface area contributed by atoms with Crippen molar-refractivity contribution in [2.45, 2.75) is 26.5 Å². The summed E-state index contributed by atoms with van der Waals surface area (Å²) in [6.07, 6.45) is 7.43. The molecule has 0 unspecified atom stereocenters. The van der Waals surface area contributed by atoms with Gasteiger partial charge in [-0.2, -0.15) is 0 Å². The molecule has 1 aromatic rings. The number of rotatable bonds is 3. The first-order valence-corrected chi connectivity index (χ1v) is 6.10. The lowest BCUT2D eigenvalue weighted by molar-refractivity contribution is 0.0578. The number of methoxy groups -OCH3 is 1. The molecule has 0 aliphatic carbocycles. The number of carbonyl (C=O) groups is 1. The molecule has 0 saturated carbocycles. The van der Waals surface area contributed by atoms with Crippen LogP contribution in [0.4, 0.5) is 0 Å². The molecule has 0 atom stereocenters. The summed E-state index contributed by atoms with van der Waals surface area (Å²) in [5.74, 6) is 1.56. The fraction of sp³-hybridized carbons (Fsp3) is 0.357. The van der Waals surface area contributed by atoms with Crippen molar-refractivity contribution in [2.75, 3.05) is 7.11 Å². The Kier molecular flexibility index (Phi) is 3.89. The zero-order valence-electron chi connectivity index (χ0n) is 11.3. The highest BCUT2D eigenvalue weighted by Gasteiger charge is 2.24. The molecule has 2 rings (SSSR count). The van der Waals surface area contributed by atoms with E-state index >= 15 is 0 Å². The summed E-state index contributed by atoms with van der Waals surface area (Å²) in [4.78, 5) is 28.5. The minimum Gasteiger partial charge on any atom is -0.496 e. The van der Waals surface area contributed by atoms with E-state index in [1.54, 1.807) is 6.26 Å². The Labute approximate surface area is 116 Å². The van der Waals surface area contributed by atoms with Crippen molar-refractivity contribution in [2.24, 2.45) is 0 Å². The SMILES string of the molecule is C#CCn1c(C(=O)OC)nc2c(c1=O)COC=C2CC. The maximum atomic E-state index is 12.4. The molecule has 0 N–H and O–H groups in total. The van der Waals surface area contributed by atoms with Crippen LogP contribution < -0.4 is 5.56 Å². The molecular weight excluding hydrogens is 260 g/mol. The van der Waals surface area contributed by atoms with Crippen LogP contribution in [-0.4, -0.2) is 22.6 Å². The van der Waals surface area contributed by atoms with Crippen molar-refractivity contribution in [1.82, 2.24) is 9.55 Å². The Balaban J connectivity index is 2.74. The summed E-state index contributed by atoms with van der Waals surface area (Å²) in [5, 5.41) is 0. The second-order valence-corrected chi connectivity index (χ2v) is 4.16. The molecular formula is C14H14N2O4. The van der Waals surface area contributed by atoms with Gasteiger partial charge >= 0.3 is 5.97 Å². The van der Waals surface area contributed by atoms with Crippen molar-refractivity contribution in [3.63, 3.8) is 0 Å². The minimum atomic E-state index is -0.693. The van der Waals surface area contributed by atoms with E-state index in [0.717, 1.165) is 10.1 Å². The van der Waals surface area contributed by atoms with Gasteiger partial charge in [0.2, 0.25) is 5.82 Å². The van der Waals surface area contributed by atoms with Crippen LogP contribution in [0.5, 0.6) is 0 Å². The Morgan fingerprint density at radius 1 is 1.65 bits per heavy atom. The Morgan fingerprint density at radius 2 is 2.40 bits per heavy atom. The largest absolute Gasteiger partial charge is 0.496 e. The molecule has 20 heavy (non-hydrogen) atoms.